The Morgan fingerprint density at radius 3 is 2.71 bits per heavy atom. The van der Waals surface area contributed by atoms with E-state index >= 15 is 0 Å². The Morgan fingerprint density at radius 2 is 2.18 bits per heavy atom. The highest BCUT2D eigenvalue weighted by Crippen LogP contribution is 2.16. The minimum atomic E-state index is -0.785. The average Bonchev–Trinajstić information content (AvgIpc) is 2.75. The van der Waals surface area contributed by atoms with Crippen molar-refractivity contribution in [3.8, 4) is 0 Å². The Balaban J connectivity index is 2.45. The van der Waals surface area contributed by atoms with Crippen LogP contribution in [0.15, 0.2) is 5.51 Å². The summed E-state index contributed by atoms with van der Waals surface area (Å²) in [5.74, 6) is -0.785. The molecule has 6 nitrogen and oxygen atoms in total. The second-order valence-electron chi connectivity index (χ2n) is 4.01. The summed E-state index contributed by atoms with van der Waals surface area (Å²) in [6.45, 7) is 2.26. The van der Waals surface area contributed by atoms with E-state index in [-0.39, 0.29) is 6.42 Å². The van der Waals surface area contributed by atoms with Gasteiger partial charge in [-0.1, -0.05) is 11.3 Å². The van der Waals surface area contributed by atoms with Crippen molar-refractivity contribution in [3.63, 3.8) is 0 Å². The standard InChI is InChI=1S/C10H18N4O2S/c1-13(2)5-3-6-14(7-4-9(15)16)10-12-11-8-17-10/h8H,3-7H2,1-2H3,(H,15,16). The Hall–Kier alpha value is -1.21. The molecule has 0 aliphatic carbocycles. The number of anilines is 1. The van der Waals surface area contributed by atoms with Crippen molar-refractivity contribution >= 4 is 22.4 Å². The van der Waals surface area contributed by atoms with Crippen molar-refractivity contribution in [2.24, 2.45) is 0 Å². The lowest BCUT2D eigenvalue weighted by molar-refractivity contribution is -0.136. The Labute approximate surface area is 105 Å². The molecule has 0 atom stereocenters. The maximum absolute atomic E-state index is 10.6. The lowest BCUT2D eigenvalue weighted by atomic mass is 10.3. The van der Waals surface area contributed by atoms with E-state index < -0.39 is 5.97 Å². The zero-order valence-corrected chi connectivity index (χ0v) is 11.0. The van der Waals surface area contributed by atoms with Gasteiger partial charge in [-0.3, -0.25) is 4.79 Å². The van der Waals surface area contributed by atoms with Gasteiger partial charge in [-0.2, -0.15) is 0 Å². The first kappa shape index (κ1) is 13.9. The van der Waals surface area contributed by atoms with Crippen LogP contribution in [0.3, 0.4) is 0 Å². The molecule has 0 radical (unpaired) electrons. The van der Waals surface area contributed by atoms with Crippen LogP contribution in [0, 0.1) is 0 Å². The van der Waals surface area contributed by atoms with E-state index in [0.717, 1.165) is 24.6 Å². The Kier molecular flexibility index (Phi) is 5.85. The van der Waals surface area contributed by atoms with Crippen molar-refractivity contribution in [1.29, 1.82) is 0 Å². The third-order valence-electron chi connectivity index (χ3n) is 2.25. The van der Waals surface area contributed by atoms with Crippen LogP contribution >= 0.6 is 11.3 Å². The highest BCUT2D eigenvalue weighted by atomic mass is 32.1. The van der Waals surface area contributed by atoms with Crippen molar-refractivity contribution in [1.82, 2.24) is 15.1 Å². The van der Waals surface area contributed by atoms with Gasteiger partial charge < -0.3 is 14.9 Å². The number of nitrogens with zero attached hydrogens (tertiary/aromatic N) is 4. The molecular formula is C10H18N4O2S. The first-order valence-electron chi connectivity index (χ1n) is 5.47. The third kappa shape index (κ3) is 5.60. The Morgan fingerprint density at radius 1 is 1.41 bits per heavy atom. The van der Waals surface area contributed by atoms with Gasteiger partial charge in [0, 0.05) is 13.1 Å². The van der Waals surface area contributed by atoms with Crippen molar-refractivity contribution in [2.75, 3.05) is 38.6 Å². The Bertz CT molecular complexity index is 329. The molecule has 0 saturated heterocycles. The van der Waals surface area contributed by atoms with Gasteiger partial charge in [-0.25, -0.2) is 0 Å². The number of rotatable bonds is 8. The molecule has 17 heavy (non-hydrogen) atoms. The summed E-state index contributed by atoms with van der Waals surface area (Å²) >= 11 is 1.44. The summed E-state index contributed by atoms with van der Waals surface area (Å²) in [5, 5.41) is 17.3. The van der Waals surface area contributed by atoms with Gasteiger partial charge in [0.25, 0.3) is 0 Å². The largest absolute Gasteiger partial charge is 0.481 e. The molecule has 1 aromatic rings. The third-order valence-corrected chi connectivity index (χ3v) is 3.00. The second kappa shape index (κ2) is 7.18. The average molecular weight is 258 g/mol. The van der Waals surface area contributed by atoms with Crippen LogP contribution in [0.2, 0.25) is 0 Å². The second-order valence-corrected chi connectivity index (χ2v) is 4.82. The number of hydrogen-bond acceptors (Lipinski definition) is 6. The molecule has 0 aliphatic rings. The summed E-state index contributed by atoms with van der Waals surface area (Å²) in [7, 11) is 4.04. The van der Waals surface area contributed by atoms with E-state index in [0.29, 0.717) is 6.54 Å². The lowest BCUT2D eigenvalue weighted by Gasteiger charge is -2.21. The molecule has 0 unspecified atom stereocenters. The zero-order chi connectivity index (χ0) is 12.7. The first-order valence-corrected chi connectivity index (χ1v) is 6.35. The van der Waals surface area contributed by atoms with Gasteiger partial charge >= 0.3 is 5.97 Å². The quantitative estimate of drug-likeness (QED) is 0.743. The van der Waals surface area contributed by atoms with E-state index in [1.54, 1.807) is 5.51 Å². The predicted octanol–water partition coefficient (Wildman–Crippen LogP) is 0.771. The fourth-order valence-corrected chi connectivity index (χ4v) is 2.03. The van der Waals surface area contributed by atoms with Crippen LogP contribution in [0.1, 0.15) is 12.8 Å². The highest BCUT2D eigenvalue weighted by Gasteiger charge is 2.11. The van der Waals surface area contributed by atoms with E-state index in [4.69, 9.17) is 5.11 Å². The minimum Gasteiger partial charge on any atom is -0.481 e. The molecule has 0 spiro atoms. The summed E-state index contributed by atoms with van der Waals surface area (Å²) in [5.41, 5.74) is 1.66. The molecule has 1 rings (SSSR count). The van der Waals surface area contributed by atoms with Crippen molar-refractivity contribution in [2.45, 2.75) is 12.8 Å². The number of hydrogen-bond donors (Lipinski definition) is 1. The number of carbonyl (C=O) groups is 1. The molecule has 7 heteroatoms. The lowest BCUT2D eigenvalue weighted by Crippen LogP contribution is -2.29. The maximum Gasteiger partial charge on any atom is 0.305 e. The molecule has 1 aromatic heterocycles. The predicted molar refractivity (Wildman–Crippen MR) is 67.5 cm³/mol. The van der Waals surface area contributed by atoms with E-state index in [2.05, 4.69) is 15.1 Å². The molecule has 0 bridgehead atoms. The number of aromatic nitrogens is 2. The van der Waals surface area contributed by atoms with E-state index in [1.807, 2.05) is 19.0 Å². The van der Waals surface area contributed by atoms with Gasteiger partial charge in [0.2, 0.25) is 5.13 Å². The van der Waals surface area contributed by atoms with Crippen LogP contribution in [0.4, 0.5) is 5.13 Å². The summed E-state index contributed by atoms with van der Waals surface area (Å²) < 4.78 is 0. The maximum atomic E-state index is 10.6. The smallest absolute Gasteiger partial charge is 0.305 e. The summed E-state index contributed by atoms with van der Waals surface area (Å²) in [4.78, 5) is 14.7. The SMILES string of the molecule is CN(C)CCCN(CCC(=O)O)c1nncs1. The number of carboxylic acid groups (broad SMARTS) is 1. The number of aliphatic carboxylic acids is 1. The van der Waals surface area contributed by atoms with Crippen LogP contribution < -0.4 is 4.90 Å². The van der Waals surface area contributed by atoms with Crippen LogP contribution in [-0.2, 0) is 4.79 Å². The molecule has 1 N–H and O–H groups in total. The van der Waals surface area contributed by atoms with Gasteiger partial charge in [0.15, 0.2) is 0 Å². The molecule has 0 amide bonds. The molecule has 0 saturated carbocycles. The van der Waals surface area contributed by atoms with Crippen molar-refractivity contribution < 1.29 is 9.90 Å². The van der Waals surface area contributed by atoms with E-state index in [1.165, 1.54) is 11.3 Å². The van der Waals surface area contributed by atoms with Crippen LogP contribution in [-0.4, -0.2) is 59.9 Å². The van der Waals surface area contributed by atoms with Gasteiger partial charge in [-0.15, -0.1) is 10.2 Å². The zero-order valence-electron chi connectivity index (χ0n) is 10.2. The van der Waals surface area contributed by atoms with Gasteiger partial charge in [0.05, 0.1) is 6.42 Å². The molecular weight excluding hydrogens is 240 g/mol. The molecule has 0 aromatic carbocycles. The molecule has 1 heterocycles. The minimum absolute atomic E-state index is 0.127. The topological polar surface area (TPSA) is 69.6 Å². The number of carboxylic acids is 1. The van der Waals surface area contributed by atoms with Crippen molar-refractivity contribution in [3.05, 3.63) is 5.51 Å². The highest BCUT2D eigenvalue weighted by molar-refractivity contribution is 7.13. The van der Waals surface area contributed by atoms with Gasteiger partial charge in [-0.05, 0) is 27.1 Å². The van der Waals surface area contributed by atoms with Crippen LogP contribution in [0.5, 0.6) is 0 Å². The first-order chi connectivity index (χ1) is 8.09. The fourth-order valence-electron chi connectivity index (χ4n) is 1.42. The fraction of sp³-hybridized carbons (Fsp3) is 0.700. The monoisotopic (exact) mass is 258 g/mol. The van der Waals surface area contributed by atoms with Crippen LogP contribution in [0.25, 0.3) is 0 Å². The summed E-state index contributed by atoms with van der Waals surface area (Å²) in [6.07, 6.45) is 1.10. The molecule has 96 valence electrons. The van der Waals surface area contributed by atoms with Gasteiger partial charge in [0.1, 0.15) is 5.51 Å². The normalized spacial score (nSPS) is 10.8. The molecule has 0 aliphatic heterocycles. The summed E-state index contributed by atoms with van der Waals surface area (Å²) in [6, 6.07) is 0. The van der Waals surface area contributed by atoms with E-state index in [9.17, 15) is 4.79 Å². The molecule has 0 fully saturated rings.